The topological polar surface area (TPSA) is 122 Å². The Morgan fingerprint density at radius 1 is 1.08 bits per heavy atom. The van der Waals surface area contributed by atoms with E-state index in [0.717, 1.165) is 64.5 Å². The monoisotopic (exact) mass is 504 g/mol. The fourth-order valence-electron chi connectivity index (χ4n) is 6.80. The fraction of sp³-hybridized carbons (Fsp3) is 0.533. The van der Waals surface area contributed by atoms with Crippen molar-refractivity contribution in [3.8, 4) is 0 Å². The number of nitrogens with two attached hydrogens (primary N) is 2. The van der Waals surface area contributed by atoms with Gasteiger partial charge in [-0.05, 0) is 55.6 Å². The van der Waals surface area contributed by atoms with Crippen molar-refractivity contribution in [2.75, 3.05) is 18.0 Å². The number of aliphatic hydroxyl groups is 1. The number of anilines is 1. The van der Waals surface area contributed by atoms with E-state index < -0.39 is 17.6 Å². The Kier molecular flexibility index (Phi) is 7.39. The molecule has 3 fully saturated rings. The molecule has 2 aromatic rings. The van der Waals surface area contributed by atoms with E-state index >= 15 is 0 Å². The van der Waals surface area contributed by atoms with Gasteiger partial charge in [0.2, 0.25) is 11.8 Å². The molecule has 1 heterocycles. The molecule has 0 aromatic heterocycles. The van der Waals surface area contributed by atoms with Crippen LogP contribution in [0.1, 0.15) is 68.6 Å². The number of aliphatic hydroxyl groups excluding tert-OH is 1. The molecule has 0 bridgehead atoms. The van der Waals surface area contributed by atoms with Gasteiger partial charge in [0.15, 0.2) is 0 Å². The number of hydrogen-bond donors (Lipinski definition) is 4. The molecule has 37 heavy (non-hydrogen) atoms. The molecular weight excluding hydrogens is 464 g/mol. The first-order chi connectivity index (χ1) is 17.9. The van der Waals surface area contributed by atoms with Gasteiger partial charge in [-0.3, -0.25) is 9.59 Å². The molecule has 7 nitrogen and oxygen atoms in total. The molecule has 0 spiro atoms. The van der Waals surface area contributed by atoms with Crippen LogP contribution in [0.15, 0.2) is 54.6 Å². The SMILES string of the molecule is NC(=O)C(N)(C1CCCCC1)C(O)c1ccccc1N(C(=O)CCCc1ccccc1)[C@]12CNC[C@H]1C2. The molecule has 1 aliphatic heterocycles. The Morgan fingerprint density at radius 3 is 2.43 bits per heavy atom. The summed E-state index contributed by atoms with van der Waals surface area (Å²) < 4.78 is 0. The van der Waals surface area contributed by atoms with Crippen molar-refractivity contribution in [2.45, 2.75) is 75.0 Å². The lowest BCUT2D eigenvalue weighted by atomic mass is 9.70. The number of nitrogens with one attached hydrogen (secondary N) is 1. The molecule has 6 N–H and O–H groups in total. The minimum absolute atomic E-state index is 0.0427. The van der Waals surface area contributed by atoms with Gasteiger partial charge in [-0.15, -0.1) is 0 Å². The predicted octanol–water partition coefficient (Wildman–Crippen LogP) is 3.20. The van der Waals surface area contributed by atoms with Crippen LogP contribution in [-0.2, 0) is 16.0 Å². The maximum Gasteiger partial charge on any atom is 0.240 e. The van der Waals surface area contributed by atoms with E-state index in [1.165, 1.54) is 5.56 Å². The largest absolute Gasteiger partial charge is 0.386 e. The summed E-state index contributed by atoms with van der Waals surface area (Å²) in [5, 5.41) is 15.2. The number of hydrogen-bond acceptors (Lipinski definition) is 5. The molecule has 2 saturated carbocycles. The molecule has 1 saturated heterocycles. The van der Waals surface area contributed by atoms with Crippen LogP contribution in [0, 0.1) is 11.8 Å². The molecule has 198 valence electrons. The number of primary amides is 1. The number of benzene rings is 2. The highest BCUT2D eigenvalue weighted by Gasteiger charge is 2.63. The van der Waals surface area contributed by atoms with Gasteiger partial charge >= 0.3 is 0 Å². The predicted molar refractivity (Wildman–Crippen MR) is 145 cm³/mol. The molecule has 3 aliphatic rings. The van der Waals surface area contributed by atoms with E-state index in [0.29, 0.717) is 23.6 Å². The zero-order valence-corrected chi connectivity index (χ0v) is 21.6. The van der Waals surface area contributed by atoms with Gasteiger partial charge in [0.25, 0.3) is 0 Å². The Hall–Kier alpha value is -2.74. The van der Waals surface area contributed by atoms with Gasteiger partial charge in [0, 0.05) is 25.1 Å². The standard InChI is InChI=1S/C30H40N4O3/c31-28(37)30(32,22-13-5-2-6-14-22)27(36)24-15-7-8-16-25(24)34(29-18-23(29)19-33-20-29)26(35)17-9-12-21-10-3-1-4-11-21/h1,3-4,7-8,10-11,15-16,22-23,27,33,36H,2,5-6,9,12-14,17-20,32H2,(H2,31,37)/t23-,27?,29-,30?/m1/s1. The van der Waals surface area contributed by atoms with Crippen LogP contribution in [0.3, 0.4) is 0 Å². The third-order valence-corrected chi connectivity index (χ3v) is 9.05. The van der Waals surface area contributed by atoms with Crippen molar-refractivity contribution in [2.24, 2.45) is 23.3 Å². The summed E-state index contributed by atoms with van der Waals surface area (Å²) >= 11 is 0. The Morgan fingerprint density at radius 2 is 1.78 bits per heavy atom. The zero-order valence-electron chi connectivity index (χ0n) is 21.6. The van der Waals surface area contributed by atoms with Gasteiger partial charge in [-0.1, -0.05) is 67.8 Å². The van der Waals surface area contributed by atoms with Crippen LogP contribution < -0.4 is 21.7 Å². The summed E-state index contributed by atoms with van der Waals surface area (Å²) in [6.07, 6.45) is 6.15. The molecule has 7 heteroatoms. The van der Waals surface area contributed by atoms with Gasteiger partial charge in [0.05, 0.1) is 11.2 Å². The number of carbonyl (C=O) groups is 2. The maximum atomic E-state index is 13.9. The lowest BCUT2D eigenvalue weighted by molar-refractivity contribution is -0.131. The molecule has 0 radical (unpaired) electrons. The first-order valence-corrected chi connectivity index (χ1v) is 13.8. The Balaban J connectivity index is 1.45. The van der Waals surface area contributed by atoms with Crippen LogP contribution in [0.5, 0.6) is 0 Å². The first kappa shape index (κ1) is 25.9. The van der Waals surface area contributed by atoms with E-state index in [1.807, 2.05) is 41.3 Å². The van der Waals surface area contributed by atoms with Crippen LogP contribution in [0.2, 0.25) is 0 Å². The number of para-hydroxylation sites is 1. The summed E-state index contributed by atoms with van der Waals surface area (Å²) in [5.41, 5.74) is 13.1. The molecule has 2 unspecified atom stereocenters. The van der Waals surface area contributed by atoms with Crippen molar-refractivity contribution in [1.29, 1.82) is 0 Å². The summed E-state index contributed by atoms with van der Waals surface area (Å²) in [6.45, 7) is 1.60. The van der Waals surface area contributed by atoms with Crippen molar-refractivity contribution in [3.63, 3.8) is 0 Å². The van der Waals surface area contributed by atoms with E-state index in [-0.39, 0.29) is 17.4 Å². The number of nitrogens with zero attached hydrogens (tertiary/aromatic N) is 1. The minimum atomic E-state index is -1.59. The first-order valence-electron chi connectivity index (χ1n) is 13.8. The molecule has 4 atom stereocenters. The molecule has 2 amide bonds. The normalized spacial score (nSPS) is 25.6. The number of rotatable bonds is 10. The number of amides is 2. The third kappa shape index (κ3) is 4.80. The Bertz CT molecular complexity index is 1120. The van der Waals surface area contributed by atoms with E-state index in [1.54, 1.807) is 6.07 Å². The van der Waals surface area contributed by atoms with Crippen molar-refractivity contribution in [3.05, 3.63) is 65.7 Å². The zero-order chi connectivity index (χ0) is 26.0. The second-order valence-corrected chi connectivity index (χ2v) is 11.3. The minimum Gasteiger partial charge on any atom is -0.386 e. The summed E-state index contributed by atoms with van der Waals surface area (Å²) in [7, 11) is 0. The van der Waals surface area contributed by atoms with E-state index in [4.69, 9.17) is 11.5 Å². The lowest BCUT2D eigenvalue weighted by Crippen LogP contribution is -2.62. The van der Waals surface area contributed by atoms with Gasteiger partial charge in [-0.2, -0.15) is 0 Å². The molecule has 2 aromatic carbocycles. The van der Waals surface area contributed by atoms with Gasteiger partial charge in [0.1, 0.15) is 11.6 Å². The van der Waals surface area contributed by atoms with Crippen LogP contribution in [-0.4, -0.2) is 41.1 Å². The average molecular weight is 505 g/mol. The summed E-state index contributed by atoms with van der Waals surface area (Å²) in [6, 6.07) is 17.6. The number of aryl methyl sites for hydroxylation is 1. The molecule has 5 rings (SSSR count). The quantitative estimate of drug-likeness (QED) is 0.396. The third-order valence-electron chi connectivity index (χ3n) is 9.05. The highest BCUT2D eigenvalue weighted by atomic mass is 16.3. The second kappa shape index (κ2) is 10.6. The highest BCUT2D eigenvalue weighted by Crippen LogP contribution is 2.54. The average Bonchev–Trinajstić information content (AvgIpc) is 3.47. The number of carbonyl (C=O) groups excluding carboxylic acids is 2. The number of piperidine rings is 1. The molecule has 2 aliphatic carbocycles. The van der Waals surface area contributed by atoms with Gasteiger partial charge < -0.3 is 26.8 Å². The summed E-state index contributed by atoms with van der Waals surface area (Å²) in [4.78, 5) is 28.6. The van der Waals surface area contributed by atoms with E-state index in [9.17, 15) is 14.7 Å². The van der Waals surface area contributed by atoms with Gasteiger partial charge in [-0.25, -0.2) is 0 Å². The fourth-order valence-corrected chi connectivity index (χ4v) is 6.80. The highest BCUT2D eigenvalue weighted by molar-refractivity contribution is 5.97. The lowest BCUT2D eigenvalue weighted by Gasteiger charge is -2.42. The summed E-state index contributed by atoms with van der Waals surface area (Å²) in [5.74, 6) is -0.460. The van der Waals surface area contributed by atoms with E-state index in [2.05, 4.69) is 17.4 Å². The van der Waals surface area contributed by atoms with Crippen molar-refractivity contribution < 1.29 is 14.7 Å². The van der Waals surface area contributed by atoms with Crippen LogP contribution in [0.25, 0.3) is 0 Å². The Labute approximate surface area is 219 Å². The molecular formula is C30H40N4O3. The second-order valence-electron chi connectivity index (χ2n) is 11.3. The number of fused-ring (bicyclic) bond motifs is 1. The smallest absolute Gasteiger partial charge is 0.240 e. The maximum absolute atomic E-state index is 13.9. The van der Waals surface area contributed by atoms with Crippen molar-refractivity contribution in [1.82, 2.24) is 5.32 Å². The van der Waals surface area contributed by atoms with Crippen molar-refractivity contribution >= 4 is 17.5 Å². The van der Waals surface area contributed by atoms with Crippen LogP contribution >= 0.6 is 0 Å². The van der Waals surface area contributed by atoms with Crippen LogP contribution in [0.4, 0.5) is 5.69 Å².